The molecule has 25 heavy (non-hydrogen) atoms. The first-order valence-electron chi connectivity index (χ1n) is 7.87. The summed E-state index contributed by atoms with van der Waals surface area (Å²) in [5, 5.41) is 3.86. The van der Waals surface area contributed by atoms with Crippen LogP contribution in [0, 0.1) is 0 Å². The second-order valence-electron chi connectivity index (χ2n) is 5.52. The highest BCUT2D eigenvalue weighted by molar-refractivity contribution is 6.35. The van der Waals surface area contributed by atoms with Crippen molar-refractivity contribution < 1.29 is 14.3 Å². The van der Waals surface area contributed by atoms with Crippen molar-refractivity contribution in [3.05, 3.63) is 63.6 Å². The second-order valence-corrected chi connectivity index (χ2v) is 6.36. The van der Waals surface area contributed by atoms with Gasteiger partial charge >= 0.3 is 0 Å². The minimum atomic E-state index is -0.117. The quantitative estimate of drug-likeness (QED) is 0.677. The fraction of sp³-hybridized carbons (Fsp3) is 0.263. The number of hydrogen-bond donors (Lipinski definition) is 1. The lowest BCUT2D eigenvalue weighted by molar-refractivity contribution is -0.121. The summed E-state index contributed by atoms with van der Waals surface area (Å²) in [5.74, 6) is 0.599. The van der Waals surface area contributed by atoms with Gasteiger partial charge < -0.3 is 10.1 Å². The van der Waals surface area contributed by atoms with Gasteiger partial charge in [-0.15, -0.1) is 0 Å². The van der Waals surface area contributed by atoms with Gasteiger partial charge in [0.25, 0.3) is 0 Å². The van der Waals surface area contributed by atoms with E-state index >= 15 is 0 Å². The molecule has 6 heteroatoms. The molecule has 1 N–H and O–H groups in total. The van der Waals surface area contributed by atoms with E-state index in [1.54, 1.807) is 49.6 Å². The van der Waals surface area contributed by atoms with Crippen LogP contribution >= 0.6 is 23.2 Å². The summed E-state index contributed by atoms with van der Waals surface area (Å²) in [7, 11) is 1.58. The molecular weight excluding hydrogens is 361 g/mol. The predicted molar refractivity (Wildman–Crippen MR) is 99.5 cm³/mol. The molecule has 0 spiro atoms. The maximum absolute atomic E-state index is 12.1. The SMILES string of the molecule is COc1ccc(C(=O)CCCC(=O)NCc2ccc(Cl)cc2Cl)cc1. The summed E-state index contributed by atoms with van der Waals surface area (Å²) in [6, 6.07) is 12.1. The average Bonchev–Trinajstić information content (AvgIpc) is 2.61. The molecule has 0 saturated carbocycles. The Morgan fingerprint density at radius 2 is 1.76 bits per heavy atom. The molecule has 0 fully saturated rings. The van der Waals surface area contributed by atoms with E-state index in [-0.39, 0.29) is 18.1 Å². The molecule has 132 valence electrons. The first-order chi connectivity index (χ1) is 12.0. The predicted octanol–water partition coefficient (Wildman–Crippen LogP) is 4.67. The van der Waals surface area contributed by atoms with Crippen LogP contribution in [0.3, 0.4) is 0 Å². The van der Waals surface area contributed by atoms with Gasteiger partial charge in [0.2, 0.25) is 5.91 Å². The van der Waals surface area contributed by atoms with Gasteiger partial charge in [0.15, 0.2) is 5.78 Å². The van der Waals surface area contributed by atoms with E-state index in [2.05, 4.69) is 5.32 Å². The molecule has 4 nitrogen and oxygen atoms in total. The zero-order valence-electron chi connectivity index (χ0n) is 13.9. The zero-order valence-corrected chi connectivity index (χ0v) is 15.4. The van der Waals surface area contributed by atoms with Crippen molar-refractivity contribution in [1.29, 1.82) is 0 Å². The van der Waals surface area contributed by atoms with Crippen molar-refractivity contribution >= 4 is 34.9 Å². The fourth-order valence-corrected chi connectivity index (χ4v) is 2.75. The van der Waals surface area contributed by atoms with E-state index < -0.39 is 0 Å². The van der Waals surface area contributed by atoms with E-state index in [0.29, 0.717) is 40.7 Å². The largest absolute Gasteiger partial charge is 0.497 e. The number of nitrogens with one attached hydrogen (secondary N) is 1. The Morgan fingerprint density at radius 1 is 1.04 bits per heavy atom. The molecule has 0 saturated heterocycles. The summed E-state index contributed by atoms with van der Waals surface area (Å²) in [6.45, 7) is 0.335. The number of rotatable bonds is 8. The van der Waals surface area contributed by atoms with Gasteiger partial charge in [0.1, 0.15) is 5.75 Å². The topological polar surface area (TPSA) is 55.4 Å². The van der Waals surface area contributed by atoms with Gasteiger partial charge in [-0.25, -0.2) is 0 Å². The molecule has 0 bridgehead atoms. The summed E-state index contributed by atoms with van der Waals surface area (Å²) < 4.78 is 5.06. The fourth-order valence-electron chi connectivity index (χ4n) is 2.28. The van der Waals surface area contributed by atoms with Crippen LogP contribution in [-0.4, -0.2) is 18.8 Å². The molecule has 0 atom stereocenters. The van der Waals surface area contributed by atoms with Gasteiger partial charge in [0, 0.05) is 35.0 Å². The van der Waals surface area contributed by atoms with Crippen LogP contribution in [0.4, 0.5) is 0 Å². The highest BCUT2D eigenvalue weighted by Gasteiger charge is 2.09. The highest BCUT2D eigenvalue weighted by Crippen LogP contribution is 2.20. The second kappa shape index (κ2) is 9.44. The summed E-state index contributed by atoms with van der Waals surface area (Å²) >= 11 is 11.9. The summed E-state index contributed by atoms with van der Waals surface area (Å²) in [4.78, 5) is 24.0. The number of ether oxygens (including phenoxy) is 1. The number of ketones is 1. The van der Waals surface area contributed by atoms with Crippen molar-refractivity contribution in [2.24, 2.45) is 0 Å². The Labute approximate surface area is 157 Å². The number of halogens is 2. The van der Waals surface area contributed by atoms with Gasteiger partial charge in [-0.05, 0) is 48.4 Å². The summed E-state index contributed by atoms with van der Waals surface area (Å²) in [5.41, 5.74) is 1.42. The van der Waals surface area contributed by atoms with E-state index in [1.807, 2.05) is 0 Å². The van der Waals surface area contributed by atoms with E-state index in [1.165, 1.54) is 0 Å². The third-order valence-corrected chi connectivity index (χ3v) is 4.30. The van der Waals surface area contributed by atoms with Gasteiger partial charge in [-0.3, -0.25) is 9.59 Å². The number of amides is 1. The Bertz CT molecular complexity index is 745. The Kier molecular flexibility index (Phi) is 7.29. The lowest BCUT2D eigenvalue weighted by Crippen LogP contribution is -2.22. The van der Waals surface area contributed by atoms with Crippen molar-refractivity contribution in [3.63, 3.8) is 0 Å². The van der Waals surface area contributed by atoms with Crippen molar-refractivity contribution in [1.82, 2.24) is 5.32 Å². The molecule has 0 heterocycles. The number of hydrogen-bond acceptors (Lipinski definition) is 3. The minimum absolute atomic E-state index is 0.0104. The Hall–Kier alpha value is -2.04. The third-order valence-electron chi connectivity index (χ3n) is 3.71. The van der Waals surface area contributed by atoms with E-state index in [0.717, 1.165) is 5.56 Å². The first kappa shape index (κ1) is 19.3. The highest BCUT2D eigenvalue weighted by atomic mass is 35.5. The number of Topliss-reactive ketones (excluding diaryl/α,β-unsaturated/α-hetero) is 1. The monoisotopic (exact) mass is 379 g/mol. The van der Waals surface area contributed by atoms with Gasteiger partial charge in [0.05, 0.1) is 7.11 Å². The summed E-state index contributed by atoms with van der Waals surface area (Å²) in [6.07, 6.45) is 1.10. The zero-order chi connectivity index (χ0) is 18.2. The lowest BCUT2D eigenvalue weighted by Gasteiger charge is -2.07. The number of carbonyl (C=O) groups excluding carboxylic acids is 2. The van der Waals surface area contributed by atoms with Crippen molar-refractivity contribution in [2.45, 2.75) is 25.8 Å². The normalized spacial score (nSPS) is 10.4. The standard InChI is InChI=1S/C19H19Cl2NO3/c1-25-16-9-6-13(7-10-16)18(23)3-2-4-19(24)22-12-14-5-8-15(20)11-17(14)21/h5-11H,2-4,12H2,1H3,(H,22,24). The molecule has 1 amide bonds. The van der Waals surface area contributed by atoms with Crippen molar-refractivity contribution in [3.8, 4) is 5.75 Å². The van der Waals surface area contributed by atoms with E-state index in [9.17, 15) is 9.59 Å². The molecule has 0 radical (unpaired) electrons. The molecule has 0 aromatic heterocycles. The molecule has 2 aromatic carbocycles. The van der Waals surface area contributed by atoms with Crippen LogP contribution in [0.25, 0.3) is 0 Å². The molecule has 0 aliphatic rings. The molecule has 2 aromatic rings. The maximum atomic E-state index is 12.1. The van der Waals surface area contributed by atoms with Crippen molar-refractivity contribution in [2.75, 3.05) is 7.11 Å². The molecule has 2 rings (SSSR count). The van der Waals surface area contributed by atoms with Crippen LogP contribution in [0.15, 0.2) is 42.5 Å². The molecule has 0 aliphatic carbocycles. The smallest absolute Gasteiger partial charge is 0.220 e. The van der Waals surface area contributed by atoms with Crippen LogP contribution in [0.1, 0.15) is 35.2 Å². The Balaban J connectivity index is 1.73. The maximum Gasteiger partial charge on any atom is 0.220 e. The number of carbonyl (C=O) groups is 2. The molecule has 0 aliphatic heterocycles. The molecule has 0 unspecified atom stereocenters. The lowest BCUT2D eigenvalue weighted by atomic mass is 10.1. The number of benzene rings is 2. The van der Waals surface area contributed by atoms with Gasteiger partial charge in [-0.1, -0.05) is 29.3 Å². The third kappa shape index (κ3) is 6.07. The van der Waals surface area contributed by atoms with E-state index in [4.69, 9.17) is 27.9 Å². The Morgan fingerprint density at radius 3 is 2.40 bits per heavy atom. The minimum Gasteiger partial charge on any atom is -0.497 e. The van der Waals surface area contributed by atoms with Crippen LogP contribution < -0.4 is 10.1 Å². The number of methoxy groups -OCH3 is 1. The van der Waals surface area contributed by atoms with Crippen LogP contribution in [-0.2, 0) is 11.3 Å². The first-order valence-corrected chi connectivity index (χ1v) is 8.63. The average molecular weight is 380 g/mol. The van der Waals surface area contributed by atoms with Gasteiger partial charge in [-0.2, -0.15) is 0 Å². The van der Waals surface area contributed by atoms with Crippen LogP contribution in [0.5, 0.6) is 5.75 Å². The molecular formula is C19H19Cl2NO3. The van der Waals surface area contributed by atoms with Crippen LogP contribution in [0.2, 0.25) is 10.0 Å².